The lowest BCUT2D eigenvalue weighted by Crippen LogP contribution is -2.12. The van der Waals surface area contributed by atoms with Crippen LogP contribution >= 0.6 is 11.3 Å². The summed E-state index contributed by atoms with van der Waals surface area (Å²) in [5.41, 5.74) is -2.87. The Hall–Kier alpha value is -1.70. The van der Waals surface area contributed by atoms with Crippen LogP contribution in [0, 0.1) is 0 Å². The highest BCUT2D eigenvalue weighted by atomic mass is 32.1. The molecule has 0 bridgehead atoms. The Kier molecular flexibility index (Phi) is 4.18. The molecule has 0 fully saturated rings. The Morgan fingerprint density at radius 1 is 0.905 bits per heavy atom. The Morgan fingerprint density at radius 3 is 1.90 bits per heavy atom. The molecule has 0 amide bonds. The summed E-state index contributed by atoms with van der Waals surface area (Å²) in [6, 6.07) is 4.92. The van der Waals surface area contributed by atoms with Gasteiger partial charge in [-0.3, -0.25) is 0 Å². The van der Waals surface area contributed by atoms with Crippen molar-refractivity contribution < 1.29 is 26.3 Å². The fraction of sp³-hybridized carbons (Fsp3) is 0.231. The van der Waals surface area contributed by atoms with Crippen LogP contribution in [0.4, 0.5) is 32.0 Å². The van der Waals surface area contributed by atoms with E-state index in [-0.39, 0.29) is 18.3 Å². The molecule has 0 atom stereocenters. The van der Waals surface area contributed by atoms with Crippen molar-refractivity contribution in [3.63, 3.8) is 0 Å². The molecule has 0 aliphatic rings. The van der Waals surface area contributed by atoms with Crippen LogP contribution in [0.1, 0.15) is 16.0 Å². The predicted molar refractivity (Wildman–Crippen MR) is 68.1 cm³/mol. The third kappa shape index (κ3) is 4.13. The smallest absolute Gasteiger partial charge is 0.380 e. The summed E-state index contributed by atoms with van der Waals surface area (Å²) in [6.07, 6.45) is -9.67. The minimum atomic E-state index is -4.83. The normalized spacial score (nSPS) is 12.5. The summed E-state index contributed by atoms with van der Waals surface area (Å²) in [4.78, 5) is 0.806. The summed E-state index contributed by atoms with van der Waals surface area (Å²) in [5, 5.41) is 4.35. The van der Waals surface area contributed by atoms with Crippen molar-refractivity contribution in [1.29, 1.82) is 0 Å². The molecule has 2 rings (SSSR count). The van der Waals surface area contributed by atoms with Crippen molar-refractivity contribution in [3.8, 4) is 0 Å². The van der Waals surface area contributed by atoms with Gasteiger partial charge < -0.3 is 5.32 Å². The fourth-order valence-corrected chi connectivity index (χ4v) is 2.30. The Labute approximate surface area is 120 Å². The molecule has 0 radical (unpaired) electrons. The van der Waals surface area contributed by atoms with E-state index in [4.69, 9.17) is 0 Å². The third-order valence-electron chi connectivity index (χ3n) is 2.63. The zero-order valence-electron chi connectivity index (χ0n) is 10.3. The Morgan fingerprint density at radius 2 is 1.48 bits per heavy atom. The maximum absolute atomic E-state index is 12.7. The first-order valence-corrected chi connectivity index (χ1v) is 6.60. The Balaban J connectivity index is 2.31. The highest BCUT2D eigenvalue weighted by Crippen LogP contribution is 2.37. The molecule has 0 aliphatic heterocycles. The lowest BCUT2D eigenvalue weighted by molar-refractivity contribution is -0.143. The van der Waals surface area contributed by atoms with Gasteiger partial charge in [-0.25, -0.2) is 0 Å². The lowest BCUT2D eigenvalue weighted by atomic mass is 10.1. The second-order valence-corrected chi connectivity index (χ2v) is 5.26. The first-order chi connectivity index (χ1) is 9.66. The second kappa shape index (κ2) is 5.59. The van der Waals surface area contributed by atoms with Gasteiger partial charge in [-0.1, -0.05) is 6.07 Å². The monoisotopic (exact) mass is 325 g/mol. The summed E-state index contributed by atoms with van der Waals surface area (Å²) in [6.45, 7) is 0.163. The molecule has 0 saturated heterocycles. The van der Waals surface area contributed by atoms with Gasteiger partial charge in [0.05, 0.1) is 11.1 Å². The predicted octanol–water partition coefficient (Wildman–Crippen LogP) is 5.40. The zero-order chi connectivity index (χ0) is 15.7. The minimum Gasteiger partial charge on any atom is -0.380 e. The molecule has 114 valence electrons. The topological polar surface area (TPSA) is 12.0 Å². The van der Waals surface area contributed by atoms with E-state index in [1.54, 1.807) is 17.5 Å². The van der Waals surface area contributed by atoms with Gasteiger partial charge in [0.25, 0.3) is 0 Å². The fourth-order valence-electron chi connectivity index (χ4n) is 1.66. The quantitative estimate of drug-likeness (QED) is 0.745. The number of rotatable bonds is 3. The van der Waals surface area contributed by atoms with Crippen LogP contribution in [0.25, 0.3) is 0 Å². The van der Waals surface area contributed by atoms with Crippen LogP contribution in [-0.4, -0.2) is 0 Å². The number of benzene rings is 1. The number of hydrogen-bond acceptors (Lipinski definition) is 2. The molecule has 0 saturated carbocycles. The van der Waals surface area contributed by atoms with Crippen molar-refractivity contribution in [3.05, 3.63) is 51.7 Å². The molecule has 2 aromatic rings. The standard InChI is InChI=1S/C13H9F6NS/c14-12(15,16)8-4-9(13(17,18)19)6-10(5-8)20-7-11-2-1-3-21-11/h1-6,20H,7H2. The summed E-state index contributed by atoms with van der Waals surface area (Å²) in [7, 11) is 0. The SMILES string of the molecule is FC(F)(F)c1cc(NCc2cccs2)cc(C(F)(F)F)c1. The highest BCUT2D eigenvalue weighted by Gasteiger charge is 2.36. The van der Waals surface area contributed by atoms with Gasteiger partial charge in [0.1, 0.15) is 0 Å². The molecule has 1 nitrogen and oxygen atoms in total. The lowest BCUT2D eigenvalue weighted by Gasteiger charge is -2.15. The van der Waals surface area contributed by atoms with Crippen molar-refractivity contribution in [1.82, 2.24) is 0 Å². The average Bonchev–Trinajstić information content (AvgIpc) is 2.87. The largest absolute Gasteiger partial charge is 0.416 e. The van der Waals surface area contributed by atoms with Gasteiger partial charge in [-0.05, 0) is 29.6 Å². The van der Waals surface area contributed by atoms with Crippen molar-refractivity contribution >= 4 is 17.0 Å². The number of halogens is 6. The maximum Gasteiger partial charge on any atom is 0.416 e. The first kappa shape index (κ1) is 15.7. The summed E-state index contributed by atoms with van der Waals surface area (Å²) < 4.78 is 75.9. The van der Waals surface area contributed by atoms with E-state index in [2.05, 4.69) is 5.32 Å². The molecular formula is C13H9F6NS. The maximum atomic E-state index is 12.7. The number of alkyl halides is 6. The van der Waals surface area contributed by atoms with E-state index in [0.29, 0.717) is 12.1 Å². The van der Waals surface area contributed by atoms with E-state index < -0.39 is 23.5 Å². The van der Waals surface area contributed by atoms with E-state index in [1.807, 2.05) is 0 Å². The molecule has 0 aliphatic carbocycles. The van der Waals surface area contributed by atoms with Crippen LogP contribution in [0.5, 0.6) is 0 Å². The molecule has 21 heavy (non-hydrogen) atoms. The van der Waals surface area contributed by atoms with Crippen molar-refractivity contribution in [2.45, 2.75) is 18.9 Å². The molecule has 8 heteroatoms. The van der Waals surface area contributed by atoms with Crippen LogP contribution in [0.3, 0.4) is 0 Å². The number of nitrogens with one attached hydrogen (secondary N) is 1. The summed E-state index contributed by atoms with van der Waals surface area (Å²) >= 11 is 1.35. The molecule has 1 N–H and O–H groups in total. The van der Waals surface area contributed by atoms with Gasteiger partial charge >= 0.3 is 12.4 Å². The van der Waals surface area contributed by atoms with Gasteiger partial charge in [-0.2, -0.15) is 26.3 Å². The molecule has 1 aromatic heterocycles. The second-order valence-electron chi connectivity index (χ2n) is 4.23. The van der Waals surface area contributed by atoms with E-state index >= 15 is 0 Å². The van der Waals surface area contributed by atoms with Crippen LogP contribution < -0.4 is 5.32 Å². The van der Waals surface area contributed by atoms with E-state index in [9.17, 15) is 26.3 Å². The van der Waals surface area contributed by atoms with Crippen LogP contribution in [0.15, 0.2) is 35.7 Å². The number of hydrogen-bond donors (Lipinski definition) is 1. The molecular weight excluding hydrogens is 316 g/mol. The molecule has 1 heterocycles. The Bertz CT molecular complexity index is 568. The van der Waals surface area contributed by atoms with E-state index in [1.165, 1.54) is 11.3 Å². The van der Waals surface area contributed by atoms with Crippen LogP contribution in [0.2, 0.25) is 0 Å². The molecule has 0 unspecified atom stereocenters. The van der Waals surface area contributed by atoms with Crippen molar-refractivity contribution in [2.24, 2.45) is 0 Å². The zero-order valence-corrected chi connectivity index (χ0v) is 11.2. The highest BCUT2D eigenvalue weighted by molar-refractivity contribution is 7.09. The van der Waals surface area contributed by atoms with Gasteiger partial charge in [0.2, 0.25) is 0 Å². The van der Waals surface area contributed by atoms with E-state index in [0.717, 1.165) is 4.88 Å². The van der Waals surface area contributed by atoms with Gasteiger partial charge in [0.15, 0.2) is 0 Å². The average molecular weight is 325 g/mol. The number of thiophene rings is 1. The number of anilines is 1. The molecule has 1 aromatic carbocycles. The molecule has 0 spiro atoms. The van der Waals surface area contributed by atoms with Gasteiger partial charge in [0, 0.05) is 17.1 Å². The summed E-state index contributed by atoms with van der Waals surface area (Å²) in [5.74, 6) is 0. The van der Waals surface area contributed by atoms with Gasteiger partial charge in [-0.15, -0.1) is 11.3 Å². The minimum absolute atomic E-state index is 0.107. The van der Waals surface area contributed by atoms with Crippen molar-refractivity contribution in [2.75, 3.05) is 5.32 Å². The first-order valence-electron chi connectivity index (χ1n) is 5.72. The third-order valence-corrected chi connectivity index (χ3v) is 3.51. The van der Waals surface area contributed by atoms with Crippen LogP contribution in [-0.2, 0) is 18.9 Å².